The number of carbonyl (C=O) groups is 1. The number of rotatable bonds is 11. The van der Waals surface area contributed by atoms with E-state index in [2.05, 4.69) is 48.6 Å². The molecule has 29 heavy (non-hydrogen) atoms. The van der Waals surface area contributed by atoms with Crippen LogP contribution in [0.15, 0.2) is 75.6 Å². The first-order chi connectivity index (χ1) is 14.0. The Bertz CT molecular complexity index is 771. The summed E-state index contributed by atoms with van der Waals surface area (Å²) >= 11 is 7.16. The van der Waals surface area contributed by atoms with Crippen molar-refractivity contribution in [2.75, 3.05) is 23.0 Å². The lowest BCUT2D eigenvalue weighted by Crippen LogP contribution is -2.31. The first kappa shape index (κ1) is 24.1. The molecule has 2 aromatic rings. The molecule has 2 aromatic carbocycles. The quantitative estimate of drug-likeness (QED) is 0.103. The molecule has 0 atom stereocenters. The Kier molecular flexibility index (Phi) is 10.9. The van der Waals surface area contributed by atoms with Gasteiger partial charge in [-0.1, -0.05) is 41.6 Å². The van der Waals surface area contributed by atoms with Gasteiger partial charge in [0.15, 0.2) is 0 Å². The van der Waals surface area contributed by atoms with Crippen molar-refractivity contribution in [1.29, 1.82) is 0 Å². The molecule has 156 valence electrons. The van der Waals surface area contributed by atoms with Crippen molar-refractivity contribution in [3.8, 4) is 0 Å². The van der Waals surface area contributed by atoms with Crippen molar-refractivity contribution in [1.82, 2.24) is 5.32 Å². The molecule has 0 heterocycles. The second-order valence-electron chi connectivity index (χ2n) is 6.32. The van der Waals surface area contributed by atoms with Gasteiger partial charge >= 0.3 is 6.09 Å². The third kappa shape index (κ3) is 9.42. The predicted octanol–water partition coefficient (Wildman–Crippen LogP) is 6.44. The van der Waals surface area contributed by atoms with Gasteiger partial charge in [0.25, 0.3) is 0 Å². The molecule has 0 fully saturated rings. The van der Waals surface area contributed by atoms with Crippen LogP contribution in [-0.2, 0) is 4.84 Å². The topological polar surface area (TPSA) is 50.7 Å². The molecule has 2 rings (SSSR count). The van der Waals surface area contributed by atoms with Crippen LogP contribution in [0.2, 0.25) is 0 Å². The van der Waals surface area contributed by atoms with Gasteiger partial charge in [0, 0.05) is 32.8 Å². The van der Waals surface area contributed by atoms with Crippen LogP contribution in [0, 0.1) is 0 Å². The van der Waals surface area contributed by atoms with E-state index in [9.17, 15) is 4.79 Å². The molecule has 0 aliphatic rings. The second-order valence-corrected chi connectivity index (χ2v) is 11.7. The summed E-state index contributed by atoms with van der Waals surface area (Å²) in [7, 11) is 1.53. The highest BCUT2D eigenvalue weighted by molar-refractivity contribution is 8.17. The van der Waals surface area contributed by atoms with Crippen LogP contribution in [0.25, 0.3) is 0 Å². The summed E-state index contributed by atoms with van der Waals surface area (Å²) in [4.78, 5) is 19.0. The number of hydrogen-bond donors (Lipinski definition) is 1. The largest absolute Gasteiger partial charge is 0.433 e. The minimum absolute atomic E-state index is 0.250. The first-order valence-corrected chi connectivity index (χ1v) is 13.2. The fraction of sp³-hybridized carbons (Fsp3) is 0.333. The average Bonchev–Trinajstić information content (AvgIpc) is 2.74. The monoisotopic (exact) mass is 466 g/mol. The lowest BCUT2D eigenvalue weighted by atomic mass is 10.1. The molecular weight excluding hydrogens is 441 g/mol. The summed E-state index contributed by atoms with van der Waals surface area (Å²) in [6, 6.07) is 20.6. The van der Waals surface area contributed by atoms with Gasteiger partial charge in [-0.2, -0.15) is 0 Å². The van der Waals surface area contributed by atoms with Crippen LogP contribution < -0.4 is 5.32 Å². The Morgan fingerprint density at radius 2 is 1.52 bits per heavy atom. The zero-order valence-electron chi connectivity index (χ0n) is 16.8. The number of oxime groups is 1. The zero-order chi connectivity index (χ0) is 21.0. The van der Waals surface area contributed by atoms with Crippen molar-refractivity contribution in [2.24, 2.45) is 5.16 Å². The van der Waals surface area contributed by atoms with E-state index in [1.807, 2.05) is 36.4 Å². The summed E-state index contributed by atoms with van der Waals surface area (Å²) in [6.45, 7) is 4.25. The maximum absolute atomic E-state index is 11.5. The van der Waals surface area contributed by atoms with E-state index < -0.39 is 6.09 Å². The molecule has 1 N–H and O–H groups in total. The third-order valence-electron chi connectivity index (χ3n) is 3.82. The van der Waals surface area contributed by atoms with E-state index in [4.69, 9.17) is 4.84 Å². The van der Waals surface area contributed by atoms with Gasteiger partial charge < -0.3 is 5.32 Å². The number of hydrogen-bond acceptors (Lipinski definition) is 7. The van der Waals surface area contributed by atoms with E-state index in [-0.39, 0.29) is 4.75 Å². The molecule has 0 radical (unpaired) electrons. The van der Waals surface area contributed by atoms with Gasteiger partial charge in [0.1, 0.15) is 0 Å². The highest BCUT2D eigenvalue weighted by atomic mass is 32.2. The van der Waals surface area contributed by atoms with Crippen LogP contribution in [0.4, 0.5) is 4.79 Å². The van der Waals surface area contributed by atoms with E-state index >= 15 is 0 Å². The van der Waals surface area contributed by atoms with E-state index in [0.29, 0.717) is 5.75 Å². The Balaban J connectivity index is 1.90. The maximum atomic E-state index is 11.5. The molecule has 0 aliphatic heterocycles. The normalized spacial score (nSPS) is 11.9. The van der Waals surface area contributed by atoms with Crippen molar-refractivity contribution in [2.45, 2.75) is 28.4 Å². The SMILES string of the molecule is CNC(=O)ON=C(CSCSc1ccccc1)C(C)(C)SCSc1ccccc1. The van der Waals surface area contributed by atoms with Crippen LogP contribution >= 0.6 is 47.0 Å². The maximum Gasteiger partial charge on any atom is 0.433 e. The van der Waals surface area contributed by atoms with Crippen LogP contribution in [0.5, 0.6) is 0 Å². The smallest absolute Gasteiger partial charge is 0.323 e. The average molecular weight is 467 g/mol. The van der Waals surface area contributed by atoms with Crippen molar-refractivity contribution < 1.29 is 9.63 Å². The first-order valence-electron chi connectivity index (χ1n) is 9.05. The number of carbonyl (C=O) groups excluding carboxylic acids is 1. The van der Waals surface area contributed by atoms with Gasteiger partial charge in [-0.15, -0.1) is 47.0 Å². The molecule has 0 bridgehead atoms. The molecule has 0 aromatic heterocycles. The number of thioether (sulfide) groups is 4. The Hall–Kier alpha value is -1.22. The fourth-order valence-electron chi connectivity index (χ4n) is 2.06. The molecular formula is C21H26N2O2S4. The Labute approximate surface area is 190 Å². The molecule has 0 unspecified atom stereocenters. The zero-order valence-corrected chi connectivity index (χ0v) is 20.1. The van der Waals surface area contributed by atoms with Gasteiger partial charge in [-0.3, -0.25) is 4.84 Å². The van der Waals surface area contributed by atoms with E-state index in [0.717, 1.165) is 15.9 Å². The second kappa shape index (κ2) is 13.2. The van der Waals surface area contributed by atoms with Crippen LogP contribution in [0.1, 0.15) is 13.8 Å². The van der Waals surface area contributed by atoms with Crippen LogP contribution in [0.3, 0.4) is 0 Å². The predicted molar refractivity (Wildman–Crippen MR) is 131 cm³/mol. The van der Waals surface area contributed by atoms with Crippen molar-refractivity contribution in [3.05, 3.63) is 60.7 Å². The summed E-state index contributed by atoms with van der Waals surface area (Å²) in [5, 5.41) is 8.41. The highest BCUT2D eigenvalue weighted by Crippen LogP contribution is 2.34. The summed E-state index contributed by atoms with van der Waals surface area (Å²) in [6.07, 6.45) is -0.550. The molecule has 0 aliphatic carbocycles. The standard InChI is InChI=1S/C21H26N2O2S4/c1-21(2,29-16-28-18-12-8-5-9-13-18)19(23-25-20(24)22-3)14-26-15-27-17-10-6-4-7-11-17/h4-13H,14-16H2,1-3H3,(H,22,24). The lowest BCUT2D eigenvalue weighted by molar-refractivity contribution is 0.152. The molecule has 0 saturated heterocycles. The molecule has 8 heteroatoms. The van der Waals surface area contributed by atoms with E-state index in [1.165, 1.54) is 16.8 Å². The minimum atomic E-state index is -0.550. The number of nitrogens with one attached hydrogen (secondary N) is 1. The van der Waals surface area contributed by atoms with Gasteiger partial charge in [0.05, 0.1) is 10.5 Å². The minimum Gasteiger partial charge on any atom is -0.323 e. The van der Waals surface area contributed by atoms with Gasteiger partial charge in [0.2, 0.25) is 0 Å². The fourth-order valence-corrected chi connectivity index (χ4v) is 6.90. The van der Waals surface area contributed by atoms with Crippen molar-refractivity contribution >= 4 is 58.9 Å². The summed E-state index contributed by atoms with van der Waals surface area (Å²) in [5.74, 6) is 0.701. The Morgan fingerprint density at radius 3 is 2.07 bits per heavy atom. The number of nitrogens with zero attached hydrogens (tertiary/aromatic N) is 1. The lowest BCUT2D eigenvalue weighted by Gasteiger charge is -2.25. The molecule has 0 saturated carbocycles. The molecule has 4 nitrogen and oxygen atoms in total. The number of benzene rings is 2. The van der Waals surface area contributed by atoms with E-state index in [1.54, 1.807) is 47.0 Å². The Morgan fingerprint density at radius 1 is 0.966 bits per heavy atom. The van der Waals surface area contributed by atoms with Crippen molar-refractivity contribution in [3.63, 3.8) is 0 Å². The molecule has 1 amide bonds. The van der Waals surface area contributed by atoms with Gasteiger partial charge in [-0.25, -0.2) is 4.79 Å². The number of amides is 1. The summed E-state index contributed by atoms with van der Waals surface area (Å²) in [5.41, 5.74) is 0.860. The summed E-state index contributed by atoms with van der Waals surface area (Å²) < 4.78 is -0.250. The van der Waals surface area contributed by atoms with Crippen LogP contribution in [-0.4, -0.2) is 39.5 Å². The highest BCUT2D eigenvalue weighted by Gasteiger charge is 2.27. The molecule has 0 spiro atoms. The van der Waals surface area contributed by atoms with Gasteiger partial charge in [-0.05, 0) is 38.1 Å². The third-order valence-corrected chi connectivity index (χ3v) is 8.54.